The number of pyridine rings is 1. The zero-order chi connectivity index (χ0) is 28.0. The van der Waals surface area contributed by atoms with E-state index in [9.17, 15) is 27.1 Å². The van der Waals surface area contributed by atoms with E-state index in [0.29, 0.717) is 11.4 Å². The number of carboxylic acids is 1. The summed E-state index contributed by atoms with van der Waals surface area (Å²) >= 11 is -2.49. The van der Waals surface area contributed by atoms with E-state index in [0.717, 1.165) is 27.4 Å². The maximum absolute atomic E-state index is 12.2. The van der Waals surface area contributed by atoms with Gasteiger partial charge in [-0.05, 0) is 42.0 Å². The molecule has 3 aromatic rings. The number of anilines is 1. The van der Waals surface area contributed by atoms with Crippen molar-refractivity contribution in [3.8, 4) is 17.0 Å². The van der Waals surface area contributed by atoms with Gasteiger partial charge in [0, 0.05) is 37.9 Å². The summed E-state index contributed by atoms with van der Waals surface area (Å²) in [5, 5.41) is 9.84. The number of rotatable bonds is 11. The van der Waals surface area contributed by atoms with E-state index in [-0.39, 0.29) is 39.3 Å². The Balaban J connectivity index is 1.40. The highest BCUT2D eigenvalue weighted by Crippen LogP contribution is 2.24. The monoisotopic (exact) mass is 574 g/mol. The number of hydrogen-bond donors (Lipinski definition) is 2. The molecule has 0 radical (unpaired) electrons. The SMILES string of the molecule is CS(=O)(=O)N1CCN([C@@H](CN(c2ccc(OCc3ccnc(-c4ccccc4)c3)cc2)S(=O)O)C(=O)O)CC1. The summed E-state index contributed by atoms with van der Waals surface area (Å²) in [5.74, 6) is -0.627. The van der Waals surface area contributed by atoms with Crippen LogP contribution in [-0.4, -0.2) is 87.5 Å². The minimum Gasteiger partial charge on any atom is -0.489 e. The fourth-order valence-corrected chi connectivity index (χ4v) is 5.72. The first-order valence-electron chi connectivity index (χ1n) is 12.2. The van der Waals surface area contributed by atoms with Gasteiger partial charge in [-0.15, -0.1) is 0 Å². The summed E-state index contributed by atoms with van der Waals surface area (Å²) in [5.41, 5.74) is 3.10. The van der Waals surface area contributed by atoms with Crippen molar-refractivity contribution in [2.45, 2.75) is 12.6 Å². The first-order valence-corrected chi connectivity index (χ1v) is 15.1. The first kappa shape index (κ1) is 28.6. The second kappa shape index (κ2) is 12.7. The largest absolute Gasteiger partial charge is 0.489 e. The molecular formula is C26H30N4O7S2. The van der Waals surface area contributed by atoms with Gasteiger partial charge in [-0.25, -0.2) is 12.6 Å². The van der Waals surface area contributed by atoms with Crippen molar-refractivity contribution in [3.05, 3.63) is 78.5 Å². The summed E-state index contributed by atoms with van der Waals surface area (Å²) in [4.78, 5) is 18.1. The fourth-order valence-electron chi connectivity index (χ4n) is 4.32. The van der Waals surface area contributed by atoms with Crippen LogP contribution in [0.5, 0.6) is 5.75 Å². The highest BCUT2D eigenvalue weighted by atomic mass is 32.2. The van der Waals surface area contributed by atoms with Gasteiger partial charge in [0.15, 0.2) is 0 Å². The third kappa shape index (κ3) is 7.61. The lowest BCUT2D eigenvalue weighted by Crippen LogP contribution is -2.57. The Morgan fingerprint density at radius 2 is 1.74 bits per heavy atom. The minimum absolute atomic E-state index is 0.154. The fraction of sp³-hybridized carbons (Fsp3) is 0.308. The van der Waals surface area contributed by atoms with Crippen LogP contribution in [0, 0.1) is 0 Å². The van der Waals surface area contributed by atoms with Crippen molar-refractivity contribution >= 4 is 32.9 Å². The van der Waals surface area contributed by atoms with Crippen molar-refractivity contribution in [1.82, 2.24) is 14.2 Å². The van der Waals surface area contributed by atoms with Gasteiger partial charge in [-0.2, -0.15) is 4.31 Å². The Labute approximate surface area is 230 Å². The van der Waals surface area contributed by atoms with Gasteiger partial charge in [-0.1, -0.05) is 30.3 Å². The maximum atomic E-state index is 12.2. The summed E-state index contributed by atoms with van der Waals surface area (Å²) in [6, 6.07) is 19.0. The molecule has 0 amide bonds. The molecule has 2 atom stereocenters. The molecule has 0 aliphatic carbocycles. The van der Waals surface area contributed by atoms with Gasteiger partial charge in [0.2, 0.25) is 10.0 Å². The number of sulfonamides is 1. The molecule has 13 heteroatoms. The standard InChI is InChI=1S/C26H30N4O7S2/c1-39(35,36)29-15-13-28(14-16-29)25(26(31)32)18-30(38(33)34)22-7-9-23(10-8-22)37-19-20-11-12-27-24(17-20)21-5-3-2-4-6-21/h2-12,17,25H,13-16,18-19H2,1H3,(H,31,32)(H,33,34)/t25-/m0/s1. The average Bonchev–Trinajstić information content (AvgIpc) is 2.93. The van der Waals surface area contributed by atoms with Gasteiger partial charge in [0.1, 0.15) is 18.4 Å². The number of carboxylic acid groups (broad SMARTS) is 1. The molecule has 11 nitrogen and oxygen atoms in total. The second-order valence-electron chi connectivity index (χ2n) is 9.04. The van der Waals surface area contributed by atoms with Crippen LogP contribution in [0.25, 0.3) is 11.3 Å². The third-order valence-corrected chi connectivity index (χ3v) is 8.46. The van der Waals surface area contributed by atoms with Gasteiger partial charge >= 0.3 is 5.97 Å². The lowest BCUT2D eigenvalue weighted by molar-refractivity contribution is -0.143. The number of hydrogen-bond acceptors (Lipinski definition) is 7. The number of aromatic nitrogens is 1. The van der Waals surface area contributed by atoms with Crippen LogP contribution < -0.4 is 9.04 Å². The van der Waals surface area contributed by atoms with Crippen molar-refractivity contribution < 1.29 is 31.8 Å². The summed E-state index contributed by atoms with van der Waals surface area (Å²) in [6.07, 6.45) is 2.83. The Bertz CT molecular complexity index is 1400. The molecular weight excluding hydrogens is 544 g/mol. The number of benzene rings is 2. The summed E-state index contributed by atoms with van der Waals surface area (Å²) in [6.45, 7) is 0.727. The first-order chi connectivity index (χ1) is 18.6. The predicted molar refractivity (Wildman–Crippen MR) is 148 cm³/mol. The zero-order valence-corrected chi connectivity index (χ0v) is 22.9. The molecule has 0 saturated carbocycles. The molecule has 1 unspecified atom stereocenters. The maximum Gasteiger partial charge on any atom is 0.322 e. The van der Waals surface area contributed by atoms with E-state index in [2.05, 4.69) is 4.98 Å². The molecule has 39 heavy (non-hydrogen) atoms. The molecule has 1 aliphatic heterocycles. The van der Waals surface area contributed by atoms with Crippen LogP contribution in [0.4, 0.5) is 5.69 Å². The van der Waals surface area contributed by atoms with Crippen LogP contribution in [0.1, 0.15) is 5.56 Å². The average molecular weight is 575 g/mol. The highest BCUT2D eigenvalue weighted by Gasteiger charge is 2.34. The zero-order valence-electron chi connectivity index (χ0n) is 21.3. The highest BCUT2D eigenvalue weighted by molar-refractivity contribution is 7.88. The van der Waals surface area contributed by atoms with Crippen molar-refractivity contribution in [2.75, 3.05) is 43.3 Å². The Morgan fingerprint density at radius 1 is 1.08 bits per heavy atom. The van der Waals surface area contributed by atoms with E-state index in [1.807, 2.05) is 42.5 Å². The Hall–Kier alpha value is -3.36. The van der Waals surface area contributed by atoms with Crippen molar-refractivity contribution in [3.63, 3.8) is 0 Å². The number of carbonyl (C=O) groups is 1. The molecule has 1 saturated heterocycles. The van der Waals surface area contributed by atoms with Gasteiger partial charge in [0.25, 0.3) is 11.3 Å². The molecule has 0 spiro atoms. The van der Waals surface area contributed by atoms with Crippen LogP contribution >= 0.6 is 0 Å². The smallest absolute Gasteiger partial charge is 0.322 e. The lowest BCUT2D eigenvalue weighted by Gasteiger charge is -2.37. The molecule has 0 bridgehead atoms. The molecule has 2 heterocycles. The summed E-state index contributed by atoms with van der Waals surface area (Å²) < 4.78 is 53.9. The molecule has 4 rings (SSSR count). The van der Waals surface area contributed by atoms with E-state index in [1.54, 1.807) is 35.4 Å². The van der Waals surface area contributed by atoms with Gasteiger partial charge in [-0.3, -0.25) is 23.5 Å². The molecule has 2 aromatic carbocycles. The quantitative estimate of drug-likeness (QED) is 0.330. The van der Waals surface area contributed by atoms with Crippen LogP contribution in [-0.2, 0) is 32.7 Å². The molecule has 208 valence electrons. The normalized spacial score (nSPS) is 16.4. The van der Waals surface area contributed by atoms with Crippen molar-refractivity contribution in [2.24, 2.45) is 0 Å². The van der Waals surface area contributed by atoms with Gasteiger partial charge in [0.05, 0.1) is 24.2 Å². The predicted octanol–water partition coefficient (Wildman–Crippen LogP) is 2.30. The van der Waals surface area contributed by atoms with Crippen molar-refractivity contribution in [1.29, 1.82) is 0 Å². The lowest BCUT2D eigenvalue weighted by atomic mass is 10.1. The van der Waals surface area contributed by atoms with Crippen LogP contribution in [0.2, 0.25) is 0 Å². The third-order valence-electron chi connectivity index (χ3n) is 6.42. The van der Waals surface area contributed by atoms with Crippen LogP contribution in [0.3, 0.4) is 0 Å². The van der Waals surface area contributed by atoms with E-state index in [4.69, 9.17) is 4.74 Å². The Kier molecular flexibility index (Phi) is 9.30. The Morgan fingerprint density at radius 3 is 2.33 bits per heavy atom. The van der Waals surface area contributed by atoms with Gasteiger partial charge < -0.3 is 9.84 Å². The number of ether oxygens (including phenoxy) is 1. The van der Waals surface area contributed by atoms with Crippen LogP contribution in [0.15, 0.2) is 72.9 Å². The number of aliphatic carboxylic acids is 1. The topological polar surface area (TPSA) is 141 Å². The van der Waals surface area contributed by atoms with E-state index >= 15 is 0 Å². The van der Waals surface area contributed by atoms with E-state index in [1.165, 1.54) is 4.31 Å². The molecule has 2 N–H and O–H groups in total. The molecule has 1 aromatic heterocycles. The minimum atomic E-state index is -3.37. The summed E-state index contributed by atoms with van der Waals surface area (Å²) in [7, 11) is -3.37. The van der Waals surface area contributed by atoms with E-state index < -0.39 is 33.3 Å². The second-order valence-corrected chi connectivity index (χ2v) is 11.9. The number of nitrogens with zero attached hydrogens (tertiary/aromatic N) is 4. The molecule has 1 aliphatic rings. The number of piperazine rings is 1. The molecule has 1 fully saturated rings.